The maximum Gasteiger partial charge on any atom is 0.230 e. The van der Waals surface area contributed by atoms with Gasteiger partial charge in [-0.2, -0.15) is 0 Å². The van der Waals surface area contributed by atoms with Gasteiger partial charge >= 0.3 is 0 Å². The summed E-state index contributed by atoms with van der Waals surface area (Å²) in [6, 6.07) is 15.9. The van der Waals surface area contributed by atoms with Gasteiger partial charge in [-0.3, -0.25) is 4.79 Å². The molecule has 3 rings (SSSR count). The zero-order valence-electron chi connectivity index (χ0n) is 17.9. The molecular formula is C23H28N4O2S. The van der Waals surface area contributed by atoms with Crippen LogP contribution in [0.25, 0.3) is 0 Å². The van der Waals surface area contributed by atoms with Crippen LogP contribution in [0.1, 0.15) is 42.4 Å². The molecule has 3 aromatic rings. The van der Waals surface area contributed by atoms with E-state index in [2.05, 4.69) is 29.4 Å². The number of benzene rings is 2. The Balaban J connectivity index is 1.55. The van der Waals surface area contributed by atoms with Gasteiger partial charge in [0.15, 0.2) is 11.0 Å². The Morgan fingerprint density at radius 1 is 1.13 bits per heavy atom. The van der Waals surface area contributed by atoms with E-state index >= 15 is 0 Å². The molecule has 0 radical (unpaired) electrons. The number of nitrogens with zero attached hydrogens (tertiary/aromatic N) is 3. The van der Waals surface area contributed by atoms with Crippen LogP contribution in [-0.2, 0) is 17.9 Å². The second-order valence-electron chi connectivity index (χ2n) is 7.17. The monoisotopic (exact) mass is 424 g/mol. The predicted octanol–water partition coefficient (Wildman–Crippen LogP) is 4.46. The number of rotatable bonds is 9. The Labute approximate surface area is 182 Å². The van der Waals surface area contributed by atoms with Crippen molar-refractivity contribution in [2.24, 2.45) is 0 Å². The molecule has 0 aliphatic carbocycles. The molecule has 1 aromatic heterocycles. The zero-order chi connectivity index (χ0) is 21.5. The normalized spacial score (nSPS) is 11.9. The highest BCUT2D eigenvalue weighted by Crippen LogP contribution is 2.21. The maximum absolute atomic E-state index is 12.4. The van der Waals surface area contributed by atoms with E-state index in [1.54, 1.807) is 0 Å². The van der Waals surface area contributed by atoms with Gasteiger partial charge in [-0.1, -0.05) is 48.2 Å². The highest BCUT2D eigenvalue weighted by atomic mass is 32.2. The third-order valence-corrected chi connectivity index (χ3v) is 5.93. The quantitative estimate of drug-likeness (QED) is 0.514. The van der Waals surface area contributed by atoms with Crippen molar-refractivity contribution in [3.05, 3.63) is 71.0 Å². The van der Waals surface area contributed by atoms with Crippen LogP contribution < -0.4 is 10.1 Å². The molecule has 30 heavy (non-hydrogen) atoms. The van der Waals surface area contributed by atoms with Gasteiger partial charge in [-0.25, -0.2) is 0 Å². The van der Waals surface area contributed by atoms with E-state index in [0.717, 1.165) is 22.3 Å². The molecule has 0 fully saturated rings. The van der Waals surface area contributed by atoms with Crippen molar-refractivity contribution in [3.63, 3.8) is 0 Å². The molecule has 0 saturated carbocycles. The molecular weight excluding hydrogens is 396 g/mol. The van der Waals surface area contributed by atoms with Gasteiger partial charge in [0.25, 0.3) is 0 Å². The molecule has 0 spiro atoms. The number of hydrogen-bond acceptors (Lipinski definition) is 5. The molecule has 1 unspecified atom stereocenters. The number of ether oxygens (including phenoxy) is 1. The lowest BCUT2D eigenvalue weighted by molar-refractivity contribution is -0.119. The Hall–Kier alpha value is -2.80. The van der Waals surface area contributed by atoms with Gasteiger partial charge in [0.2, 0.25) is 5.91 Å². The first-order chi connectivity index (χ1) is 14.5. The minimum Gasteiger partial charge on any atom is -0.486 e. The summed E-state index contributed by atoms with van der Waals surface area (Å²) < 4.78 is 7.88. The van der Waals surface area contributed by atoms with Crippen LogP contribution in [0.2, 0.25) is 0 Å². The number of carbonyl (C=O) groups excluding carboxylic acids is 1. The summed E-state index contributed by atoms with van der Waals surface area (Å²) in [4.78, 5) is 12.4. The Bertz CT molecular complexity index is 988. The molecule has 158 valence electrons. The van der Waals surface area contributed by atoms with Crippen LogP contribution in [0.4, 0.5) is 0 Å². The van der Waals surface area contributed by atoms with E-state index in [9.17, 15) is 4.79 Å². The number of amides is 1. The average molecular weight is 425 g/mol. The minimum absolute atomic E-state index is 0.0325. The Morgan fingerprint density at radius 2 is 1.90 bits per heavy atom. The van der Waals surface area contributed by atoms with Crippen LogP contribution in [-0.4, -0.2) is 26.4 Å². The van der Waals surface area contributed by atoms with Gasteiger partial charge in [0, 0.05) is 6.54 Å². The summed E-state index contributed by atoms with van der Waals surface area (Å²) in [5.41, 5.74) is 3.51. The predicted molar refractivity (Wildman–Crippen MR) is 120 cm³/mol. The van der Waals surface area contributed by atoms with Crippen LogP contribution in [0.3, 0.4) is 0 Å². The number of nitrogens with one attached hydrogen (secondary N) is 1. The summed E-state index contributed by atoms with van der Waals surface area (Å²) >= 11 is 1.39. The van der Waals surface area contributed by atoms with Gasteiger partial charge < -0.3 is 14.6 Å². The van der Waals surface area contributed by atoms with Crippen molar-refractivity contribution in [3.8, 4) is 5.75 Å². The van der Waals surface area contributed by atoms with E-state index < -0.39 is 0 Å². The molecule has 0 aliphatic heterocycles. The summed E-state index contributed by atoms with van der Waals surface area (Å²) in [7, 11) is 0. The molecule has 0 bridgehead atoms. The standard InChI is InChI=1S/C23H28N4O2S/c1-5-27-21(14-29-20-12-11-16(2)17(3)13-20)25-26-23(27)30-15-22(28)24-18(4)19-9-7-6-8-10-19/h6-13,18H,5,14-15H2,1-4H3,(H,24,28). The van der Waals surface area contributed by atoms with Crippen molar-refractivity contribution >= 4 is 17.7 Å². The summed E-state index contributed by atoms with van der Waals surface area (Å²) in [5, 5.41) is 12.3. The zero-order valence-corrected chi connectivity index (χ0v) is 18.7. The third-order valence-electron chi connectivity index (χ3n) is 4.97. The summed E-state index contributed by atoms with van der Waals surface area (Å²) in [6.45, 7) is 9.20. The Morgan fingerprint density at radius 3 is 2.60 bits per heavy atom. The third kappa shape index (κ3) is 5.63. The highest BCUT2D eigenvalue weighted by molar-refractivity contribution is 7.99. The molecule has 1 atom stereocenters. The molecule has 1 N–H and O–H groups in total. The van der Waals surface area contributed by atoms with E-state index in [1.807, 2.05) is 66.9 Å². The van der Waals surface area contributed by atoms with Crippen LogP contribution in [0, 0.1) is 13.8 Å². The van der Waals surface area contributed by atoms with E-state index in [4.69, 9.17) is 4.74 Å². The van der Waals surface area contributed by atoms with Crippen LogP contribution in [0.15, 0.2) is 53.7 Å². The first-order valence-corrected chi connectivity index (χ1v) is 11.1. The van der Waals surface area contributed by atoms with Gasteiger partial charge in [-0.05, 0) is 56.5 Å². The van der Waals surface area contributed by atoms with Crippen molar-refractivity contribution in [2.45, 2.75) is 52.0 Å². The number of carbonyl (C=O) groups is 1. The van der Waals surface area contributed by atoms with Crippen molar-refractivity contribution in [1.29, 1.82) is 0 Å². The molecule has 0 aliphatic rings. The molecule has 1 amide bonds. The fourth-order valence-electron chi connectivity index (χ4n) is 3.04. The SMILES string of the molecule is CCn1c(COc2ccc(C)c(C)c2)nnc1SCC(=O)NC(C)c1ccccc1. The van der Waals surface area contributed by atoms with Gasteiger partial charge in [0.1, 0.15) is 12.4 Å². The molecule has 0 saturated heterocycles. The molecule has 6 nitrogen and oxygen atoms in total. The molecule has 2 aromatic carbocycles. The lowest BCUT2D eigenvalue weighted by Crippen LogP contribution is -2.28. The lowest BCUT2D eigenvalue weighted by Gasteiger charge is -2.14. The number of thioether (sulfide) groups is 1. The van der Waals surface area contributed by atoms with Crippen molar-refractivity contribution in [1.82, 2.24) is 20.1 Å². The second kappa shape index (κ2) is 10.3. The summed E-state index contributed by atoms with van der Waals surface area (Å²) in [5.74, 6) is 1.81. The topological polar surface area (TPSA) is 69.0 Å². The number of hydrogen-bond donors (Lipinski definition) is 1. The van der Waals surface area contributed by atoms with E-state index in [-0.39, 0.29) is 17.7 Å². The molecule has 7 heteroatoms. The molecule has 1 heterocycles. The average Bonchev–Trinajstić information content (AvgIpc) is 3.15. The van der Waals surface area contributed by atoms with Gasteiger partial charge in [0.05, 0.1) is 11.8 Å². The van der Waals surface area contributed by atoms with Gasteiger partial charge in [-0.15, -0.1) is 10.2 Å². The fourth-order valence-corrected chi connectivity index (χ4v) is 3.87. The smallest absolute Gasteiger partial charge is 0.230 e. The van der Waals surface area contributed by atoms with E-state index in [0.29, 0.717) is 13.2 Å². The minimum atomic E-state index is -0.0368. The van der Waals surface area contributed by atoms with Crippen LogP contribution >= 0.6 is 11.8 Å². The Kier molecular flexibility index (Phi) is 7.52. The lowest BCUT2D eigenvalue weighted by atomic mass is 10.1. The van der Waals surface area contributed by atoms with Crippen molar-refractivity contribution < 1.29 is 9.53 Å². The highest BCUT2D eigenvalue weighted by Gasteiger charge is 2.15. The summed E-state index contributed by atoms with van der Waals surface area (Å²) in [6.07, 6.45) is 0. The number of aromatic nitrogens is 3. The van der Waals surface area contributed by atoms with Crippen LogP contribution in [0.5, 0.6) is 5.75 Å². The number of aryl methyl sites for hydroxylation is 2. The van der Waals surface area contributed by atoms with Crippen molar-refractivity contribution in [2.75, 3.05) is 5.75 Å². The first kappa shape index (κ1) is 21.9. The fraction of sp³-hybridized carbons (Fsp3) is 0.348. The largest absolute Gasteiger partial charge is 0.486 e. The first-order valence-electron chi connectivity index (χ1n) is 10.1. The second-order valence-corrected chi connectivity index (χ2v) is 8.11. The maximum atomic E-state index is 12.4. The van der Waals surface area contributed by atoms with E-state index in [1.165, 1.54) is 22.9 Å².